The van der Waals surface area contributed by atoms with E-state index >= 15 is 0 Å². The van der Waals surface area contributed by atoms with Crippen LogP contribution in [0, 0.1) is 5.92 Å². The second-order valence-electron chi connectivity index (χ2n) is 4.91. The quantitative estimate of drug-likeness (QED) is 0.514. The van der Waals surface area contributed by atoms with E-state index in [9.17, 15) is 19.2 Å². The first kappa shape index (κ1) is 20.2. The molecule has 124 valence electrons. The van der Waals surface area contributed by atoms with E-state index < -0.39 is 5.91 Å². The summed E-state index contributed by atoms with van der Waals surface area (Å²) in [6.45, 7) is 8.36. The molecule has 0 unspecified atom stereocenters. The average Bonchev–Trinajstić information content (AvgIpc) is 2.45. The number of carbonyl (C=O) groups excluding carboxylic acids is 4. The van der Waals surface area contributed by atoms with Crippen molar-refractivity contribution in [2.45, 2.75) is 20.8 Å². The van der Waals surface area contributed by atoms with Gasteiger partial charge in [-0.25, -0.2) is 0 Å². The summed E-state index contributed by atoms with van der Waals surface area (Å²) < 4.78 is 0. The molecule has 2 amide bonds. The number of thioether (sulfide) groups is 1. The molecule has 0 aromatic rings. The van der Waals surface area contributed by atoms with Gasteiger partial charge in [-0.3, -0.25) is 19.2 Å². The molecule has 0 atom stereocenters. The minimum atomic E-state index is -0.423. The number of rotatable bonds is 10. The molecule has 0 aromatic heterocycles. The van der Waals surface area contributed by atoms with Crippen LogP contribution in [-0.4, -0.2) is 48.1 Å². The zero-order valence-electron chi connectivity index (χ0n) is 13.2. The lowest BCUT2D eigenvalue weighted by molar-refractivity contribution is -0.127. The molecule has 0 spiro atoms. The molecule has 0 saturated carbocycles. The molecule has 0 aromatic carbocycles. The average molecular weight is 329 g/mol. The summed E-state index contributed by atoms with van der Waals surface area (Å²) in [6, 6.07) is 0. The third-order valence-corrected chi connectivity index (χ3v) is 3.40. The summed E-state index contributed by atoms with van der Waals surface area (Å²) in [6.07, 6.45) is 0. The fourth-order valence-electron chi connectivity index (χ4n) is 1.14. The first-order chi connectivity index (χ1) is 10.2. The zero-order valence-corrected chi connectivity index (χ0v) is 14.0. The van der Waals surface area contributed by atoms with Gasteiger partial charge in [0.1, 0.15) is 0 Å². The molecule has 0 aliphatic carbocycles. The largest absolute Gasteiger partial charge is 0.379 e. The smallest absolute Gasteiger partial charge is 0.239 e. The Bertz CT molecular complexity index is 449. The van der Waals surface area contributed by atoms with Gasteiger partial charge in [0.15, 0.2) is 10.9 Å². The van der Waals surface area contributed by atoms with Crippen molar-refractivity contribution in [2.24, 2.45) is 5.92 Å². The Labute approximate surface area is 134 Å². The third kappa shape index (κ3) is 10.9. The van der Waals surface area contributed by atoms with E-state index in [2.05, 4.69) is 22.5 Å². The number of hydrogen-bond acceptors (Lipinski definition) is 6. The Hall–Kier alpha value is -1.83. The second-order valence-corrected chi connectivity index (χ2v) is 6.06. The Morgan fingerprint density at radius 3 is 1.95 bits per heavy atom. The normalized spacial score (nSPS) is 10.0. The van der Waals surface area contributed by atoms with E-state index in [1.807, 2.05) is 0 Å². The highest BCUT2D eigenvalue weighted by atomic mass is 32.2. The molecule has 0 saturated heterocycles. The topological polar surface area (TPSA) is 104 Å². The second kappa shape index (κ2) is 10.8. The fourth-order valence-corrected chi connectivity index (χ4v) is 1.62. The van der Waals surface area contributed by atoms with Crippen LogP contribution in [0.15, 0.2) is 12.3 Å². The minimum Gasteiger partial charge on any atom is -0.379 e. The first-order valence-corrected chi connectivity index (χ1v) is 7.82. The third-order valence-electron chi connectivity index (χ3n) is 2.50. The molecule has 0 rings (SSSR count). The molecule has 0 bridgehead atoms. The van der Waals surface area contributed by atoms with Crippen LogP contribution in [0.5, 0.6) is 0 Å². The van der Waals surface area contributed by atoms with Crippen LogP contribution >= 0.6 is 11.8 Å². The van der Waals surface area contributed by atoms with Gasteiger partial charge in [0.05, 0.1) is 19.6 Å². The molecular formula is C14H23N3O4S. The van der Waals surface area contributed by atoms with Crippen molar-refractivity contribution in [3.8, 4) is 0 Å². The van der Waals surface area contributed by atoms with Crippen LogP contribution in [-0.2, 0) is 19.2 Å². The minimum absolute atomic E-state index is 0.0278. The van der Waals surface area contributed by atoms with E-state index in [0.717, 1.165) is 11.8 Å². The Balaban J connectivity index is 3.80. The molecule has 7 nitrogen and oxygen atoms in total. The van der Waals surface area contributed by atoms with Crippen LogP contribution < -0.4 is 16.0 Å². The summed E-state index contributed by atoms with van der Waals surface area (Å²) in [4.78, 5) is 45.0. The maximum Gasteiger partial charge on any atom is 0.239 e. The number of amides is 2. The highest BCUT2D eigenvalue weighted by Crippen LogP contribution is 2.04. The predicted octanol–water partition coefficient (Wildman–Crippen LogP) is -0.173. The molecular weight excluding hydrogens is 306 g/mol. The lowest BCUT2D eigenvalue weighted by atomic mass is 10.1. The van der Waals surface area contributed by atoms with Gasteiger partial charge in [-0.1, -0.05) is 32.2 Å². The molecule has 8 heteroatoms. The van der Waals surface area contributed by atoms with E-state index in [4.69, 9.17) is 0 Å². The van der Waals surface area contributed by atoms with E-state index in [1.54, 1.807) is 13.8 Å². The maximum atomic E-state index is 11.5. The van der Waals surface area contributed by atoms with Crippen LogP contribution in [0.1, 0.15) is 20.8 Å². The van der Waals surface area contributed by atoms with Crippen molar-refractivity contribution in [3.05, 3.63) is 12.3 Å². The van der Waals surface area contributed by atoms with Gasteiger partial charge in [-0.05, 0) is 0 Å². The number of nitrogens with one attached hydrogen (secondary N) is 3. The fraction of sp³-hybridized carbons (Fsp3) is 0.571. The molecule has 0 aliphatic heterocycles. The summed E-state index contributed by atoms with van der Waals surface area (Å²) in [7, 11) is 0. The van der Waals surface area contributed by atoms with Crippen LogP contribution in [0.25, 0.3) is 0 Å². The van der Waals surface area contributed by atoms with Crippen LogP contribution in [0.4, 0.5) is 0 Å². The molecule has 0 fully saturated rings. The maximum absolute atomic E-state index is 11.5. The van der Waals surface area contributed by atoms with Crippen molar-refractivity contribution in [1.82, 2.24) is 16.0 Å². The van der Waals surface area contributed by atoms with Gasteiger partial charge in [0, 0.05) is 24.3 Å². The van der Waals surface area contributed by atoms with Crippen molar-refractivity contribution >= 4 is 34.5 Å². The number of ketones is 1. The molecule has 0 heterocycles. The lowest BCUT2D eigenvalue weighted by Gasteiger charge is -2.10. The molecule has 22 heavy (non-hydrogen) atoms. The molecule has 0 radical (unpaired) electrons. The van der Waals surface area contributed by atoms with Gasteiger partial charge >= 0.3 is 0 Å². The van der Waals surface area contributed by atoms with Crippen molar-refractivity contribution in [3.63, 3.8) is 0 Å². The van der Waals surface area contributed by atoms with Gasteiger partial charge in [-0.15, -0.1) is 0 Å². The summed E-state index contributed by atoms with van der Waals surface area (Å²) in [5, 5.41) is 7.58. The number of Topliss-reactive ketones (excluding diaryl/α,β-unsaturated/α-hetero) is 1. The zero-order chi connectivity index (χ0) is 17.1. The Morgan fingerprint density at radius 2 is 1.45 bits per heavy atom. The molecule has 3 N–H and O–H groups in total. The Kier molecular flexibility index (Phi) is 9.93. The number of carbonyl (C=O) groups is 4. The van der Waals surface area contributed by atoms with Crippen molar-refractivity contribution < 1.29 is 19.2 Å². The molecule has 0 aliphatic rings. The van der Waals surface area contributed by atoms with Gasteiger partial charge in [0.25, 0.3) is 0 Å². The summed E-state index contributed by atoms with van der Waals surface area (Å²) >= 11 is 1.09. The SMILES string of the molecule is C=C(CSC(C)=O)NCC(=O)NCC(=O)NCC(=O)C(C)C. The highest BCUT2D eigenvalue weighted by Gasteiger charge is 2.10. The predicted molar refractivity (Wildman–Crippen MR) is 86.1 cm³/mol. The summed E-state index contributed by atoms with van der Waals surface area (Å²) in [5.74, 6) is -0.619. The number of hydrogen-bond donors (Lipinski definition) is 3. The van der Waals surface area contributed by atoms with Crippen LogP contribution in [0.3, 0.4) is 0 Å². The standard InChI is InChI=1S/C14H23N3O4S/c1-9(2)12(19)5-16-14(21)7-17-13(20)6-15-10(3)8-22-11(4)18/h9,15H,3,5-8H2,1-2,4H3,(H,16,21)(H,17,20). The Morgan fingerprint density at radius 1 is 0.955 bits per heavy atom. The van der Waals surface area contributed by atoms with Crippen molar-refractivity contribution in [2.75, 3.05) is 25.4 Å². The summed E-state index contributed by atoms with van der Waals surface area (Å²) in [5.41, 5.74) is 0.558. The lowest BCUT2D eigenvalue weighted by Crippen LogP contribution is -2.42. The van der Waals surface area contributed by atoms with Gasteiger partial charge in [0.2, 0.25) is 11.8 Å². The monoisotopic (exact) mass is 329 g/mol. The van der Waals surface area contributed by atoms with Gasteiger partial charge in [-0.2, -0.15) is 0 Å². The van der Waals surface area contributed by atoms with Gasteiger partial charge < -0.3 is 16.0 Å². The van der Waals surface area contributed by atoms with Crippen molar-refractivity contribution in [1.29, 1.82) is 0 Å². The van der Waals surface area contributed by atoms with E-state index in [-0.39, 0.29) is 42.4 Å². The van der Waals surface area contributed by atoms with E-state index in [1.165, 1.54) is 6.92 Å². The van der Waals surface area contributed by atoms with Crippen LogP contribution in [0.2, 0.25) is 0 Å². The highest BCUT2D eigenvalue weighted by molar-refractivity contribution is 8.13. The van der Waals surface area contributed by atoms with E-state index in [0.29, 0.717) is 11.4 Å². The first-order valence-electron chi connectivity index (χ1n) is 6.83.